The molecule has 0 bridgehead atoms. The Kier molecular flexibility index (Phi) is 3.42. The van der Waals surface area contributed by atoms with Crippen molar-refractivity contribution in [1.82, 2.24) is 0 Å². The van der Waals surface area contributed by atoms with Crippen LogP contribution in [0.15, 0.2) is 18.2 Å². The third-order valence-electron chi connectivity index (χ3n) is 3.68. The number of anilines is 1. The minimum absolute atomic E-state index is 0.0397. The molecule has 0 aromatic heterocycles. The van der Waals surface area contributed by atoms with Gasteiger partial charge in [-0.1, -0.05) is 13.0 Å². The normalized spacial score (nSPS) is 22.5. The van der Waals surface area contributed by atoms with Crippen molar-refractivity contribution in [3.8, 4) is 0 Å². The maximum atomic E-state index is 11.1. The molecule has 1 fully saturated rings. The number of carboxylic acid groups (broad SMARTS) is 1. The number of benzene rings is 1. The van der Waals surface area contributed by atoms with Crippen molar-refractivity contribution in [2.75, 3.05) is 18.0 Å². The maximum absolute atomic E-state index is 11.1. The summed E-state index contributed by atoms with van der Waals surface area (Å²) in [5, 5.41) is 20.0. The molecule has 1 aromatic rings. The first kappa shape index (κ1) is 13.3. The van der Waals surface area contributed by atoms with Gasteiger partial charge in [0, 0.05) is 30.4 Å². The van der Waals surface area contributed by atoms with Crippen LogP contribution in [0.25, 0.3) is 0 Å². The number of hydrogen-bond donors (Lipinski definition) is 1. The van der Waals surface area contributed by atoms with E-state index in [4.69, 9.17) is 5.11 Å². The van der Waals surface area contributed by atoms with Gasteiger partial charge in [-0.05, 0) is 18.9 Å². The molecule has 1 aliphatic rings. The fraction of sp³-hybridized carbons (Fsp3) is 0.462. The van der Waals surface area contributed by atoms with Crippen molar-refractivity contribution in [2.24, 2.45) is 11.8 Å². The Morgan fingerprint density at radius 2 is 2.16 bits per heavy atom. The summed E-state index contributed by atoms with van der Waals surface area (Å²) in [6.45, 7) is 4.59. The van der Waals surface area contributed by atoms with Gasteiger partial charge in [0.2, 0.25) is 0 Å². The Labute approximate surface area is 110 Å². The molecule has 6 nitrogen and oxygen atoms in total. The molecule has 0 radical (unpaired) electrons. The van der Waals surface area contributed by atoms with Crippen LogP contribution in [-0.4, -0.2) is 29.1 Å². The molecule has 0 unspecified atom stereocenters. The highest BCUT2D eigenvalue weighted by Gasteiger charge is 2.35. The van der Waals surface area contributed by atoms with Gasteiger partial charge in [0.1, 0.15) is 0 Å². The van der Waals surface area contributed by atoms with E-state index >= 15 is 0 Å². The third-order valence-corrected chi connectivity index (χ3v) is 3.68. The summed E-state index contributed by atoms with van der Waals surface area (Å²) in [5.41, 5.74) is 1.40. The van der Waals surface area contributed by atoms with Crippen molar-refractivity contribution in [1.29, 1.82) is 0 Å². The molecule has 0 spiro atoms. The highest BCUT2D eigenvalue weighted by atomic mass is 16.6. The van der Waals surface area contributed by atoms with Crippen LogP contribution in [0.1, 0.15) is 12.5 Å². The molecule has 102 valence electrons. The summed E-state index contributed by atoms with van der Waals surface area (Å²) in [4.78, 5) is 23.5. The number of aryl methyl sites for hydroxylation is 1. The molecular formula is C13H16N2O4. The molecule has 0 aliphatic carbocycles. The second-order valence-electron chi connectivity index (χ2n) is 5.05. The minimum atomic E-state index is -0.809. The van der Waals surface area contributed by atoms with Crippen LogP contribution in [0.2, 0.25) is 0 Å². The minimum Gasteiger partial charge on any atom is -0.481 e. The van der Waals surface area contributed by atoms with Gasteiger partial charge in [0.15, 0.2) is 0 Å². The predicted molar refractivity (Wildman–Crippen MR) is 70.3 cm³/mol. The number of aliphatic carboxylic acids is 1. The third kappa shape index (κ3) is 2.52. The van der Waals surface area contributed by atoms with E-state index in [0.29, 0.717) is 24.3 Å². The Morgan fingerprint density at radius 3 is 2.68 bits per heavy atom. The van der Waals surface area contributed by atoms with E-state index in [0.717, 1.165) is 0 Å². The van der Waals surface area contributed by atoms with Crippen LogP contribution < -0.4 is 4.90 Å². The van der Waals surface area contributed by atoms with Crippen molar-refractivity contribution >= 4 is 17.3 Å². The summed E-state index contributed by atoms with van der Waals surface area (Å²) >= 11 is 0. The predicted octanol–water partition coefficient (Wildman–Crippen LogP) is 2.06. The van der Waals surface area contributed by atoms with E-state index in [1.54, 1.807) is 19.1 Å². The van der Waals surface area contributed by atoms with E-state index in [9.17, 15) is 14.9 Å². The smallest absolute Gasteiger partial charge is 0.308 e. The van der Waals surface area contributed by atoms with Crippen LogP contribution in [0.4, 0.5) is 11.4 Å². The molecule has 2 atom stereocenters. The Hall–Kier alpha value is -2.11. The van der Waals surface area contributed by atoms with E-state index in [2.05, 4.69) is 0 Å². The summed E-state index contributed by atoms with van der Waals surface area (Å²) in [7, 11) is 0. The largest absolute Gasteiger partial charge is 0.481 e. The van der Waals surface area contributed by atoms with Gasteiger partial charge in [-0.3, -0.25) is 14.9 Å². The molecule has 1 aromatic carbocycles. The summed E-state index contributed by atoms with van der Waals surface area (Å²) in [6, 6.07) is 5.03. The van der Waals surface area contributed by atoms with E-state index < -0.39 is 16.8 Å². The second-order valence-corrected chi connectivity index (χ2v) is 5.05. The second kappa shape index (κ2) is 4.87. The van der Waals surface area contributed by atoms with E-state index in [1.165, 1.54) is 6.07 Å². The lowest BCUT2D eigenvalue weighted by molar-refractivity contribution is -0.385. The van der Waals surface area contributed by atoms with Crippen LogP contribution in [0, 0.1) is 28.9 Å². The molecule has 2 rings (SSSR count). The summed E-state index contributed by atoms with van der Waals surface area (Å²) < 4.78 is 0. The van der Waals surface area contributed by atoms with Crippen LogP contribution in [0.5, 0.6) is 0 Å². The van der Waals surface area contributed by atoms with Crippen molar-refractivity contribution in [3.05, 3.63) is 33.9 Å². The monoisotopic (exact) mass is 264 g/mol. The molecule has 1 saturated heterocycles. The van der Waals surface area contributed by atoms with Gasteiger partial charge in [-0.15, -0.1) is 0 Å². The molecule has 1 heterocycles. The summed E-state index contributed by atoms with van der Waals surface area (Å²) in [6.07, 6.45) is 0. The van der Waals surface area contributed by atoms with Gasteiger partial charge >= 0.3 is 5.97 Å². The number of rotatable bonds is 3. The van der Waals surface area contributed by atoms with E-state index in [1.807, 2.05) is 11.8 Å². The molecule has 0 amide bonds. The van der Waals surface area contributed by atoms with Crippen LogP contribution >= 0.6 is 0 Å². The maximum Gasteiger partial charge on any atom is 0.308 e. The topological polar surface area (TPSA) is 83.7 Å². The zero-order chi connectivity index (χ0) is 14.2. The van der Waals surface area contributed by atoms with Crippen LogP contribution in [0.3, 0.4) is 0 Å². The quantitative estimate of drug-likeness (QED) is 0.667. The fourth-order valence-corrected chi connectivity index (χ4v) is 2.49. The highest BCUT2D eigenvalue weighted by molar-refractivity contribution is 5.73. The lowest BCUT2D eigenvalue weighted by Gasteiger charge is -2.18. The molecule has 19 heavy (non-hydrogen) atoms. The Balaban J connectivity index is 2.27. The molecule has 1 aliphatic heterocycles. The lowest BCUT2D eigenvalue weighted by atomic mass is 9.99. The van der Waals surface area contributed by atoms with Crippen molar-refractivity contribution < 1.29 is 14.8 Å². The summed E-state index contributed by atoms with van der Waals surface area (Å²) in [5.74, 6) is -1.19. The zero-order valence-electron chi connectivity index (χ0n) is 10.9. The van der Waals surface area contributed by atoms with Gasteiger partial charge in [-0.25, -0.2) is 0 Å². The van der Waals surface area contributed by atoms with Gasteiger partial charge < -0.3 is 10.0 Å². The number of carbonyl (C=O) groups is 1. The zero-order valence-corrected chi connectivity index (χ0v) is 10.9. The first-order valence-corrected chi connectivity index (χ1v) is 6.13. The standard InChI is InChI=1S/C13H16N2O4/c1-8-3-4-10(5-12(8)15(18)19)14-6-9(2)11(7-14)13(16)17/h3-5,9,11H,6-7H2,1-2H3,(H,16,17)/t9-,11-/m1/s1. The lowest BCUT2D eigenvalue weighted by Crippen LogP contribution is -2.23. The Bertz CT molecular complexity index is 529. The van der Waals surface area contributed by atoms with Crippen molar-refractivity contribution in [2.45, 2.75) is 13.8 Å². The molecular weight excluding hydrogens is 248 g/mol. The van der Waals surface area contributed by atoms with E-state index in [-0.39, 0.29) is 11.6 Å². The first-order chi connectivity index (χ1) is 8.90. The number of nitro benzene ring substituents is 1. The number of carboxylic acids is 1. The number of hydrogen-bond acceptors (Lipinski definition) is 4. The van der Waals surface area contributed by atoms with Crippen molar-refractivity contribution in [3.63, 3.8) is 0 Å². The molecule has 1 N–H and O–H groups in total. The average molecular weight is 264 g/mol. The first-order valence-electron chi connectivity index (χ1n) is 6.13. The van der Waals surface area contributed by atoms with Gasteiger partial charge in [0.25, 0.3) is 5.69 Å². The van der Waals surface area contributed by atoms with Crippen LogP contribution in [-0.2, 0) is 4.79 Å². The molecule has 0 saturated carbocycles. The number of nitrogens with zero attached hydrogens (tertiary/aromatic N) is 2. The average Bonchev–Trinajstić information content (AvgIpc) is 2.71. The SMILES string of the molecule is Cc1ccc(N2C[C@@H](C)[C@H](C(=O)O)C2)cc1[N+](=O)[O-]. The Morgan fingerprint density at radius 1 is 1.47 bits per heavy atom. The van der Waals surface area contributed by atoms with Gasteiger partial charge in [-0.2, -0.15) is 0 Å². The highest BCUT2D eigenvalue weighted by Crippen LogP contribution is 2.31. The van der Waals surface area contributed by atoms with Gasteiger partial charge in [0.05, 0.1) is 10.8 Å². The number of nitro groups is 1. The molecule has 6 heteroatoms. The fourth-order valence-electron chi connectivity index (χ4n) is 2.49.